The number of amides is 1. The van der Waals surface area contributed by atoms with Crippen LogP contribution in [0, 0.1) is 0 Å². The van der Waals surface area contributed by atoms with Crippen molar-refractivity contribution in [3.05, 3.63) is 82.9 Å². The number of benzene rings is 2. The molecule has 0 aliphatic rings. The van der Waals surface area contributed by atoms with Gasteiger partial charge in [-0.05, 0) is 66.7 Å². The summed E-state index contributed by atoms with van der Waals surface area (Å²) in [6.45, 7) is 0. The van der Waals surface area contributed by atoms with Gasteiger partial charge in [-0.15, -0.1) is 11.3 Å². The molecular weight excluding hydrogens is 420 g/mol. The van der Waals surface area contributed by atoms with Gasteiger partial charge in [-0.2, -0.15) is 0 Å². The van der Waals surface area contributed by atoms with E-state index >= 15 is 0 Å². The number of thiazole rings is 1. The van der Waals surface area contributed by atoms with Gasteiger partial charge in [-0.3, -0.25) is 10.1 Å². The summed E-state index contributed by atoms with van der Waals surface area (Å²) < 4.78 is 10.9. The van der Waals surface area contributed by atoms with E-state index in [1.54, 1.807) is 31.4 Å². The first kappa shape index (κ1) is 19.9. The fraction of sp³-hybridized carbons (Fsp3) is 0.0435. The van der Waals surface area contributed by atoms with E-state index < -0.39 is 0 Å². The Morgan fingerprint density at radius 1 is 1.07 bits per heavy atom. The zero-order valence-electron chi connectivity index (χ0n) is 16.0. The topological polar surface area (TPSA) is 64.4 Å². The molecule has 150 valence electrons. The van der Waals surface area contributed by atoms with Gasteiger partial charge in [0.2, 0.25) is 5.91 Å². The monoisotopic (exact) mass is 436 g/mol. The number of nitrogens with one attached hydrogen (secondary N) is 1. The zero-order chi connectivity index (χ0) is 20.9. The average Bonchev–Trinajstić information content (AvgIpc) is 3.43. The first-order valence-corrected chi connectivity index (χ1v) is 10.3. The van der Waals surface area contributed by atoms with Crippen LogP contribution in [-0.2, 0) is 4.79 Å². The number of carbonyl (C=O) groups excluding carboxylic acids is 1. The summed E-state index contributed by atoms with van der Waals surface area (Å²) in [5.74, 6) is 1.78. The Kier molecular flexibility index (Phi) is 5.97. The second-order valence-corrected chi connectivity index (χ2v) is 7.59. The molecule has 0 spiro atoms. The van der Waals surface area contributed by atoms with Gasteiger partial charge in [0.05, 0.1) is 12.8 Å². The number of hydrogen-bond acceptors (Lipinski definition) is 5. The molecule has 1 amide bonds. The lowest BCUT2D eigenvalue weighted by molar-refractivity contribution is -0.111. The second-order valence-electron chi connectivity index (χ2n) is 6.30. The number of carbonyl (C=O) groups is 1. The Morgan fingerprint density at radius 2 is 1.80 bits per heavy atom. The number of anilines is 1. The number of furan rings is 1. The van der Waals surface area contributed by atoms with Crippen LogP contribution in [0.4, 0.5) is 5.13 Å². The quantitative estimate of drug-likeness (QED) is 0.356. The van der Waals surface area contributed by atoms with E-state index in [0.717, 1.165) is 22.6 Å². The van der Waals surface area contributed by atoms with Gasteiger partial charge in [0.1, 0.15) is 17.3 Å². The summed E-state index contributed by atoms with van der Waals surface area (Å²) in [6.07, 6.45) is 3.03. The third-order valence-corrected chi connectivity index (χ3v) is 5.28. The molecular formula is C23H17ClN2O3S. The van der Waals surface area contributed by atoms with E-state index in [9.17, 15) is 4.79 Å². The third-order valence-electron chi connectivity index (χ3n) is 4.27. The summed E-state index contributed by atoms with van der Waals surface area (Å²) in [7, 11) is 1.63. The van der Waals surface area contributed by atoms with Crippen LogP contribution in [0.5, 0.6) is 5.75 Å². The minimum atomic E-state index is -0.282. The first-order valence-electron chi connectivity index (χ1n) is 9.05. The van der Waals surface area contributed by atoms with Crippen LogP contribution < -0.4 is 10.1 Å². The molecule has 4 rings (SSSR count). The highest BCUT2D eigenvalue weighted by Crippen LogP contribution is 2.27. The van der Waals surface area contributed by atoms with Gasteiger partial charge in [0, 0.05) is 27.6 Å². The smallest absolute Gasteiger partial charge is 0.250 e. The van der Waals surface area contributed by atoms with E-state index in [2.05, 4.69) is 10.3 Å². The number of hydrogen-bond donors (Lipinski definition) is 1. The molecule has 4 aromatic rings. The molecule has 0 unspecified atom stereocenters. The molecule has 2 heterocycles. The van der Waals surface area contributed by atoms with Crippen molar-refractivity contribution in [2.24, 2.45) is 0 Å². The molecule has 0 aliphatic heterocycles. The van der Waals surface area contributed by atoms with Crippen LogP contribution in [0.15, 0.2) is 76.5 Å². The van der Waals surface area contributed by atoms with Gasteiger partial charge in [-0.25, -0.2) is 4.98 Å². The highest BCUT2D eigenvalue weighted by Gasteiger charge is 2.08. The number of rotatable bonds is 6. The van der Waals surface area contributed by atoms with Crippen molar-refractivity contribution in [1.82, 2.24) is 4.98 Å². The molecule has 0 bridgehead atoms. The van der Waals surface area contributed by atoms with Crippen molar-refractivity contribution in [2.45, 2.75) is 0 Å². The fourth-order valence-electron chi connectivity index (χ4n) is 2.74. The standard InChI is InChI=1S/C23H17ClN2O3S/c1-28-18-8-4-15(5-9-18)20-14-30-23(25-20)26-22(27)13-11-19-10-12-21(29-19)16-2-6-17(24)7-3-16/h2-14H,1H3,(H,25,26,27). The van der Waals surface area contributed by atoms with Crippen molar-refractivity contribution < 1.29 is 13.9 Å². The molecule has 0 radical (unpaired) electrons. The minimum absolute atomic E-state index is 0.282. The lowest BCUT2D eigenvalue weighted by Gasteiger charge is -2.00. The minimum Gasteiger partial charge on any atom is -0.497 e. The molecule has 7 heteroatoms. The maximum Gasteiger partial charge on any atom is 0.250 e. The van der Waals surface area contributed by atoms with E-state index in [4.69, 9.17) is 20.8 Å². The van der Waals surface area contributed by atoms with Crippen LogP contribution in [0.25, 0.3) is 28.7 Å². The number of methoxy groups -OCH3 is 1. The fourth-order valence-corrected chi connectivity index (χ4v) is 3.59. The third kappa shape index (κ3) is 4.79. The van der Waals surface area contributed by atoms with Crippen LogP contribution in [0.3, 0.4) is 0 Å². The van der Waals surface area contributed by atoms with Crippen LogP contribution in [-0.4, -0.2) is 18.0 Å². The molecule has 0 fully saturated rings. The number of aromatic nitrogens is 1. The Balaban J connectivity index is 1.38. The maximum absolute atomic E-state index is 12.2. The largest absolute Gasteiger partial charge is 0.497 e. The SMILES string of the molecule is COc1ccc(-c2csc(NC(=O)C=Cc3ccc(-c4ccc(Cl)cc4)o3)n2)cc1. The van der Waals surface area contributed by atoms with Crippen molar-refractivity contribution in [3.8, 4) is 28.3 Å². The van der Waals surface area contributed by atoms with Gasteiger partial charge in [-0.1, -0.05) is 11.6 Å². The molecule has 30 heavy (non-hydrogen) atoms. The van der Waals surface area contributed by atoms with Gasteiger partial charge in [0.15, 0.2) is 5.13 Å². The highest BCUT2D eigenvalue weighted by atomic mass is 35.5. The number of halogens is 1. The number of nitrogens with zero attached hydrogens (tertiary/aromatic N) is 1. The molecule has 0 saturated heterocycles. The van der Waals surface area contributed by atoms with Crippen molar-refractivity contribution >= 4 is 40.1 Å². The van der Waals surface area contributed by atoms with Crippen LogP contribution >= 0.6 is 22.9 Å². The summed E-state index contributed by atoms with van der Waals surface area (Å²) in [5, 5.41) is 5.86. The number of ether oxygens (including phenoxy) is 1. The van der Waals surface area contributed by atoms with E-state index in [-0.39, 0.29) is 5.91 Å². The predicted octanol–water partition coefficient (Wildman–Crippen LogP) is 6.38. The van der Waals surface area contributed by atoms with Crippen molar-refractivity contribution in [1.29, 1.82) is 0 Å². The van der Waals surface area contributed by atoms with Crippen LogP contribution in [0.2, 0.25) is 5.02 Å². The van der Waals surface area contributed by atoms with Crippen molar-refractivity contribution in [3.63, 3.8) is 0 Å². The van der Waals surface area contributed by atoms with Gasteiger partial charge in [0.25, 0.3) is 0 Å². The summed E-state index contributed by atoms with van der Waals surface area (Å²) in [4.78, 5) is 16.7. The molecule has 1 N–H and O–H groups in total. The van der Waals surface area contributed by atoms with E-state index in [1.807, 2.05) is 47.8 Å². The molecule has 0 saturated carbocycles. The summed E-state index contributed by atoms with van der Waals surface area (Å²) in [6, 6.07) is 18.6. The Morgan fingerprint density at radius 3 is 2.53 bits per heavy atom. The molecule has 2 aromatic heterocycles. The van der Waals surface area contributed by atoms with E-state index in [1.165, 1.54) is 17.4 Å². The highest BCUT2D eigenvalue weighted by molar-refractivity contribution is 7.14. The average molecular weight is 437 g/mol. The second kappa shape index (κ2) is 8.98. The lowest BCUT2D eigenvalue weighted by Crippen LogP contribution is -2.07. The Hall–Kier alpha value is -3.35. The molecule has 2 aromatic carbocycles. The summed E-state index contributed by atoms with van der Waals surface area (Å²) >= 11 is 7.27. The molecule has 0 atom stereocenters. The molecule has 0 aliphatic carbocycles. The molecule has 5 nitrogen and oxygen atoms in total. The van der Waals surface area contributed by atoms with Gasteiger partial charge >= 0.3 is 0 Å². The van der Waals surface area contributed by atoms with Gasteiger partial charge < -0.3 is 9.15 Å². The van der Waals surface area contributed by atoms with Crippen LogP contribution in [0.1, 0.15) is 5.76 Å². The van der Waals surface area contributed by atoms with E-state index in [0.29, 0.717) is 21.7 Å². The Labute approximate surface area is 182 Å². The maximum atomic E-state index is 12.2. The summed E-state index contributed by atoms with van der Waals surface area (Å²) in [5.41, 5.74) is 2.66. The normalized spacial score (nSPS) is 11.0. The van der Waals surface area contributed by atoms with Crippen molar-refractivity contribution in [2.75, 3.05) is 12.4 Å². The Bertz CT molecular complexity index is 1180. The first-order chi connectivity index (χ1) is 14.6. The predicted molar refractivity (Wildman–Crippen MR) is 121 cm³/mol. The zero-order valence-corrected chi connectivity index (χ0v) is 17.5. The lowest BCUT2D eigenvalue weighted by atomic mass is 10.2.